The van der Waals surface area contributed by atoms with Crippen molar-refractivity contribution in [2.45, 2.75) is 19.9 Å². The van der Waals surface area contributed by atoms with Gasteiger partial charge in [0.25, 0.3) is 5.97 Å². The Morgan fingerprint density at radius 3 is 2.77 bits per heavy atom. The predicted molar refractivity (Wildman–Crippen MR) is 87.0 cm³/mol. The maximum Gasteiger partial charge on any atom is 0.300 e. The van der Waals surface area contributed by atoms with Crippen molar-refractivity contribution in [3.63, 3.8) is 0 Å². The van der Waals surface area contributed by atoms with Crippen molar-refractivity contribution in [2.24, 2.45) is 5.73 Å². The lowest BCUT2D eigenvalue weighted by Gasteiger charge is -2.06. The summed E-state index contributed by atoms with van der Waals surface area (Å²) in [4.78, 5) is 17.7. The Kier molecular flexibility index (Phi) is 5.30. The normalized spacial score (nSPS) is 10.5. The van der Waals surface area contributed by atoms with Crippen LogP contribution in [0.15, 0.2) is 30.6 Å². The largest absolute Gasteiger partial charge is 0.481 e. The molecule has 0 aliphatic carbocycles. The second-order valence-electron chi connectivity index (χ2n) is 4.72. The van der Waals surface area contributed by atoms with Crippen LogP contribution in [0.4, 0.5) is 0 Å². The molecule has 0 saturated heterocycles. The fourth-order valence-electron chi connectivity index (χ4n) is 2.18. The monoisotopic (exact) mass is 320 g/mol. The molecule has 3 rings (SSSR count). The van der Waals surface area contributed by atoms with Crippen molar-refractivity contribution in [1.29, 1.82) is 0 Å². The fourth-order valence-corrected chi connectivity index (χ4v) is 2.41. The van der Waals surface area contributed by atoms with Crippen molar-refractivity contribution in [1.82, 2.24) is 14.5 Å². The van der Waals surface area contributed by atoms with Crippen LogP contribution in [0, 0.1) is 0 Å². The average molecular weight is 321 g/mol. The summed E-state index contributed by atoms with van der Waals surface area (Å²) in [6.45, 7) is 2.59. The Bertz CT molecular complexity index is 797. The Hall–Kier alpha value is -2.18. The van der Waals surface area contributed by atoms with Gasteiger partial charge in [-0.05, 0) is 19.0 Å². The molecular formula is C15H17ClN4O2. The molecule has 1 aromatic carbocycles. The molecule has 0 unspecified atom stereocenters. The molecular weight excluding hydrogens is 304 g/mol. The first-order valence-corrected chi connectivity index (χ1v) is 7.21. The molecule has 3 N–H and O–H groups in total. The SMILES string of the molecule is CC(=O)O.NCCCn1cnc2c(Cl)nc3ccccc3c21. The van der Waals surface area contributed by atoms with Gasteiger partial charge >= 0.3 is 0 Å². The predicted octanol–water partition coefficient (Wildman–Crippen LogP) is 2.68. The van der Waals surface area contributed by atoms with Crippen molar-refractivity contribution in [2.75, 3.05) is 6.54 Å². The molecule has 0 amide bonds. The van der Waals surface area contributed by atoms with Crippen molar-refractivity contribution in [3.8, 4) is 0 Å². The summed E-state index contributed by atoms with van der Waals surface area (Å²) < 4.78 is 2.10. The lowest BCUT2D eigenvalue weighted by atomic mass is 10.2. The minimum Gasteiger partial charge on any atom is -0.481 e. The van der Waals surface area contributed by atoms with Gasteiger partial charge in [-0.15, -0.1) is 0 Å². The molecule has 3 aromatic rings. The van der Waals surface area contributed by atoms with Gasteiger partial charge in [0.2, 0.25) is 0 Å². The number of aryl methyl sites for hydroxylation is 1. The number of nitrogens with two attached hydrogens (primary N) is 1. The summed E-state index contributed by atoms with van der Waals surface area (Å²) in [5.41, 5.74) is 8.25. The van der Waals surface area contributed by atoms with Gasteiger partial charge in [0, 0.05) is 18.9 Å². The van der Waals surface area contributed by atoms with E-state index >= 15 is 0 Å². The van der Waals surface area contributed by atoms with Gasteiger partial charge in [0.05, 0.1) is 17.4 Å². The molecule has 0 spiro atoms. The van der Waals surface area contributed by atoms with Crippen LogP contribution in [0.1, 0.15) is 13.3 Å². The van der Waals surface area contributed by atoms with Crippen LogP contribution >= 0.6 is 11.6 Å². The Morgan fingerprint density at radius 1 is 1.41 bits per heavy atom. The van der Waals surface area contributed by atoms with E-state index in [9.17, 15) is 0 Å². The van der Waals surface area contributed by atoms with E-state index in [1.165, 1.54) is 0 Å². The van der Waals surface area contributed by atoms with Crippen LogP contribution < -0.4 is 5.73 Å². The number of nitrogens with zero attached hydrogens (tertiary/aromatic N) is 3. The van der Waals surface area contributed by atoms with Gasteiger partial charge in [-0.1, -0.05) is 29.8 Å². The number of fused-ring (bicyclic) bond motifs is 3. The Morgan fingerprint density at radius 2 is 2.09 bits per heavy atom. The molecule has 6 nitrogen and oxygen atoms in total. The minimum absolute atomic E-state index is 0.454. The van der Waals surface area contributed by atoms with E-state index in [0.717, 1.165) is 41.8 Å². The van der Waals surface area contributed by atoms with Gasteiger partial charge in [0.15, 0.2) is 5.15 Å². The van der Waals surface area contributed by atoms with Gasteiger partial charge < -0.3 is 15.4 Å². The first kappa shape index (κ1) is 16.2. The summed E-state index contributed by atoms with van der Waals surface area (Å²) in [5.74, 6) is -0.833. The van der Waals surface area contributed by atoms with E-state index in [4.69, 9.17) is 27.2 Å². The molecule has 116 valence electrons. The number of carboxylic acids is 1. The topological polar surface area (TPSA) is 94.0 Å². The summed E-state index contributed by atoms with van der Waals surface area (Å²) in [5, 5.41) is 8.95. The number of para-hydroxylation sites is 1. The van der Waals surface area contributed by atoms with E-state index in [-0.39, 0.29) is 0 Å². The number of benzene rings is 1. The van der Waals surface area contributed by atoms with E-state index in [2.05, 4.69) is 14.5 Å². The highest BCUT2D eigenvalue weighted by molar-refractivity contribution is 6.35. The zero-order chi connectivity index (χ0) is 16.1. The number of hydrogen-bond donors (Lipinski definition) is 2. The maximum absolute atomic E-state index is 9.00. The van der Waals surface area contributed by atoms with Crippen molar-refractivity contribution < 1.29 is 9.90 Å². The highest BCUT2D eigenvalue weighted by Crippen LogP contribution is 2.28. The number of carboxylic acid groups (broad SMARTS) is 1. The number of pyridine rings is 1. The minimum atomic E-state index is -0.833. The molecule has 0 aliphatic heterocycles. The lowest BCUT2D eigenvalue weighted by Crippen LogP contribution is -2.05. The van der Waals surface area contributed by atoms with Crippen LogP contribution in [0.3, 0.4) is 0 Å². The number of aliphatic carboxylic acids is 1. The average Bonchev–Trinajstić information content (AvgIpc) is 2.89. The Balaban J connectivity index is 0.000000396. The molecule has 2 heterocycles. The standard InChI is InChI=1S/C13H13ClN4.C2H4O2/c14-13-11-12(18(8-16-11)7-3-6-15)9-4-1-2-5-10(9)17-13;1-2(3)4/h1-2,4-5,8H,3,6-7,15H2;1H3,(H,3,4). The van der Waals surface area contributed by atoms with Crippen LogP contribution in [0.2, 0.25) is 5.15 Å². The third kappa shape index (κ3) is 3.52. The van der Waals surface area contributed by atoms with E-state index in [1.807, 2.05) is 24.3 Å². The van der Waals surface area contributed by atoms with Crippen molar-refractivity contribution in [3.05, 3.63) is 35.7 Å². The number of carbonyl (C=O) groups is 1. The highest BCUT2D eigenvalue weighted by Gasteiger charge is 2.11. The quantitative estimate of drug-likeness (QED) is 0.723. The molecule has 0 radical (unpaired) electrons. The highest BCUT2D eigenvalue weighted by atomic mass is 35.5. The molecule has 0 saturated carbocycles. The number of aromatic nitrogens is 3. The Labute approximate surface area is 132 Å². The lowest BCUT2D eigenvalue weighted by molar-refractivity contribution is -0.134. The van der Waals surface area contributed by atoms with Crippen LogP contribution in [0.25, 0.3) is 21.9 Å². The number of imidazole rings is 1. The van der Waals surface area contributed by atoms with Gasteiger partial charge in [-0.2, -0.15) is 0 Å². The van der Waals surface area contributed by atoms with E-state index < -0.39 is 5.97 Å². The maximum atomic E-state index is 9.00. The van der Waals surface area contributed by atoms with Crippen LogP contribution in [-0.2, 0) is 11.3 Å². The van der Waals surface area contributed by atoms with Gasteiger partial charge in [-0.3, -0.25) is 4.79 Å². The first-order valence-electron chi connectivity index (χ1n) is 6.83. The molecule has 7 heteroatoms. The van der Waals surface area contributed by atoms with E-state index in [0.29, 0.717) is 11.7 Å². The second kappa shape index (κ2) is 7.20. The smallest absolute Gasteiger partial charge is 0.300 e. The molecule has 0 atom stereocenters. The third-order valence-electron chi connectivity index (χ3n) is 3.01. The number of hydrogen-bond acceptors (Lipinski definition) is 4. The summed E-state index contributed by atoms with van der Waals surface area (Å²) in [6.07, 6.45) is 2.72. The summed E-state index contributed by atoms with van der Waals surface area (Å²) in [7, 11) is 0. The van der Waals surface area contributed by atoms with E-state index in [1.54, 1.807) is 6.33 Å². The van der Waals surface area contributed by atoms with Crippen LogP contribution in [0.5, 0.6) is 0 Å². The summed E-state index contributed by atoms with van der Waals surface area (Å²) >= 11 is 6.17. The van der Waals surface area contributed by atoms with Gasteiger partial charge in [0.1, 0.15) is 5.52 Å². The summed E-state index contributed by atoms with van der Waals surface area (Å²) in [6, 6.07) is 7.96. The second-order valence-corrected chi connectivity index (χ2v) is 5.07. The molecule has 0 bridgehead atoms. The molecule has 22 heavy (non-hydrogen) atoms. The first-order chi connectivity index (χ1) is 10.5. The zero-order valence-corrected chi connectivity index (χ0v) is 12.9. The number of rotatable bonds is 3. The number of halogens is 1. The van der Waals surface area contributed by atoms with Crippen LogP contribution in [-0.4, -0.2) is 32.2 Å². The van der Waals surface area contributed by atoms with Crippen molar-refractivity contribution >= 4 is 39.5 Å². The third-order valence-corrected chi connectivity index (χ3v) is 3.28. The zero-order valence-electron chi connectivity index (χ0n) is 12.2. The molecule has 0 fully saturated rings. The molecule has 0 aliphatic rings. The van der Waals surface area contributed by atoms with Gasteiger partial charge in [-0.25, -0.2) is 9.97 Å². The fraction of sp³-hybridized carbons (Fsp3) is 0.267. The molecule has 2 aromatic heterocycles.